The zero-order valence-corrected chi connectivity index (χ0v) is 15.4. The molecule has 4 nitrogen and oxygen atoms in total. The lowest BCUT2D eigenvalue weighted by molar-refractivity contribution is -0.116. The second-order valence-electron chi connectivity index (χ2n) is 6.26. The molecular formula is C22H18N2O2S. The van der Waals surface area contributed by atoms with Crippen molar-refractivity contribution in [2.45, 2.75) is 6.54 Å². The van der Waals surface area contributed by atoms with Gasteiger partial charge in [-0.15, -0.1) is 0 Å². The highest BCUT2D eigenvalue weighted by Crippen LogP contribution is 2.27. The van der Waals surface area contributed by atoms with Gasteiger partial charge < -0.3 is 9.64 Å². The Balaban J connectivity index is 1.48. The Bertz CT molecular complexity index is 943. The number of nitrogens with zero attached hydrogens (tertiary/aromatic N) is 2. The van der Waals surface area contributed by atoms with Crippen LogP contribution in [-0.4, -0.2) is 22.5 Å². The molecule has 5 heteroatoms. The van der Waals surface area contributed by atoms with Crippen LogP contribution >= 0.6 is 12.2 Å². The molecule has 1 aliphatic heterocycles. The van der Waals surface area contributed by atoms with Crippen molar-refractivity contribution in [3.05, 3.63) is 90.5 Å². The summed E-state index contributed by atoms with van der Waals surface area (Å²) in [5, 5.41) is 0.528. The maximum absolute atomic E-state index is 12.5. The van der Waals surface area contributed by atoms with Crippen LogP contribution < -0.4 is 9.64 Å². The van der Waals surface area contributed by atoms with E-state index in [0.717, 1.165) is 17.0 Å². The van der Waals surface area contributed by atoms with Gasteiger partial charge in [-0.2, -0.15) is 0 Å². The third kappa shape index (κ3) is 3.83. The summed E-state index contributed by atoms with van der Waals surface area (Å²) in [5.74, 6) is 1.46. The summed E-state index contributed by atoms with van der Waals surface area (Å²) in [4.78, 5) is 16.0. The highest BCUT2D eigenvalue weighted by molar-refractivity contribution is 7.80. The highest BCUT2D eigenvalue weighted by Gasteiger charge is 2.33. The summed E-state index contributed by atoms with van der Waals surface area (Å²) < 4.78 is 5.80. The van der Waals surface area contributed by atoms with Crippen molar-refractivity contribution in [3.8, 4) is 11.5 Å². The molecule has 134 valence electrons. The number of carbonyl (C=O) groups excluding carboxylic acids is 1. The molecule has 0 saturated carbocycles. The number of carbonyl (C=O) groups is 1. The smallest absolute Gasteiger partial charge is 0.252 e. The minimum Gasteiger partial charge on any atom is -0.457 e. The summed E-state index contributed by atoms with van der Waals surface area (Å²) >= 11 is 5.56. The summed E-state index contributed by atoms with van der Waals surface area (Å²) in [5.41, 5.74) is 1.88. The number of hydrogen-bond donors (Lipinski definition) is 0. The molecule has 0 aromatic heterocycles. The van der Waals surface area contributed by atoms with Crippen LogP contribution in [0.2, 0.25) is 0 Å². The van der Waals surface area contributed by atoms with Crippen molar-refractivity contribution in [2.75, 3.05) is 11.4 Å². The third-order valence-electron chi connectivity index (χ3n) is 4.33. The van der Waals surface area contributed by atoms with E-state index < -0.39 is 0 Å². The fourth-order valence-corrected chi connectivity index (χ4v) is 3.36. The number of amides is 1. The molecule has 1 heterocycles. The lowest BCUT2D eigenvalue weighted by atomic mass is 10.2. The van der Waals surface area contributed by atoms with E-state index in [9.17, 15) is 4.79 Å². The maximum Gasteiger partial charge on any atom is 0.252 e. The van der Waals surface area contributed by atoms with Gasteiger partial charge in [-0.3, -0.25) is 9.69 Å². The first-order valence-electron chi connectivity index (χ1n) is 8.69. The maximum atomic E-state index is 12.5. The average Bonchev–Trinajstić information content (AvgIpc) is 2.97. The number of benzene rings is 3. The van der Waals surface area contributed by atoms with Gasteiger partial charge in [0.05, 0.1) is 5.69 Å². The Morgan fingerprint density at radius 1 is 0.815 bits per heavy atom. The highest BCUT2D eigenvalue weighted by atomic mass is 32.1. The normalized spacial score (nSPS) is 13.9. The fourth-order valence-electron chi connectivity index (χ4n) is 3.02. The second-order valence-corrected chi connectivity index (χ2v) is 6.63. The molecule has 1 saturated heterocycles. The lowest BCUT2D eigenvalue weighted by Gasteiger charge is -2.20. The molecule has 1 fully saturated rings. The third-order valence-corrected chi connectivity index (χ3v) is 4.77. The molecule has 27 heavy (non-hydrogen) atoms. The molecule has 0 N–H and O–H groups in total. The minimum atomic E-state index is -0.0207. The number of thiocarbonyl (C=S) groups is 1. The molecule has 0 atom stereocenters. The first kappa shape index (κ1) is 17.2. The van der Waals surface area contributed by atoms with E-state index in [1.165, 1.54) is 0 Å². The van der Waals surface area contributed by atoms with Gasteiger partial charge in [0, 0.05) is 6.54 Å². The Morgan fingerprint density at radius 3 is 2.07 bits per heavy atom. The minimum absolute atomic E-state index is 0.0207. The van der Waals surface area contributed by atoms with Crippen LogP contribution in [0.15, 0.2) is 84.9 Å². The zero-order chi connectivity index (χ0) is 18.6. The van der Waals surface area contributed by atoms with Crippen molar-refractivity contribution in [1.29, 1.82) is 0 Å². The molecule has 0 spiro atoms. The van der Waals surface area contributed by atoms with Gasteiger partial charge in [0.1, 0.15) is 18.0 Å². The molecule has 3 aromatic carbocycles. The Morgan fingerprint density at radius 2 is 1.41 bits per heavy atom. The van der Waals surface area contributed by atoms with E-state index in [1.807, 2.05) is 89.8 Å². The van der Waals surface area contributed by atoms with Gasteiger partial charge in [0.2, 0.25) is 0 Å². The molecule has 1 aliphatic rings. The van der Waals surface area contributed by atoms with Crippen LogP contribution in [-0.2, 0) is 11.3 Å². The van der Waals surface area contributed by atoms with Crippen molar-refractivity contribution in [2.24, 2.45) is 0 Å². The van der Waals surface area contributed by atoms with Gasteiger partial charge in [-0.05, 0) is 54.2 Å². The SMILES string of the molecule is O=C1CN(Cc2ccccc2)C(=S)N1c1ccc(Oc2ccccc2)cc1. The van der Waals surface area contributed by atoms with Crippen LogP contribution in [0.25, 0.3) is 0 Å². The van der Waals surface area contributed by atoms with Crippen LogP contribution in [0.3, 0.4) is 0 Å². The van der Waals surface area contributed by atoms with Crippen molar-refractivity contribution < 1.29 is 9.53 Å². The molecule has 0 aliphatic carbocycles. The van der Waals surface area contributed by atoms with Crippen LogP contribution in [0.4, 0.5) is 5.69 Å². The molecule has 0 unspecified atom stereocenters. The predicted octanol–water partition coefficient (Wildman–Crippen LogP) is 4.61. The Hall–Kier alpha value is -3.18. The monoisotopic (exact) mass is 374 g/mol. The second kappa shape index (κ2) is 7.60. The van der Waals surface area contributed by atoms with Crippen molar-refractivity contribution in [1.82, 2.24) is 4.90 Å². The topological polar surface area (TPSA) is 32.8 Å². The number of para-hydroxylation sites is 1. The predicted molar refractivity (Wildman–Crippen MR) is 110 cm³/mol. The van der Waals surface area contributed by atoms with Crippen LogP contribution in [0.5, 0.6) is 11.5 Å². The average molecular weight is 374 g/mol. The van der Waals surface area contributed by atoms with Crippen LogP contribution in [0.1, 0.15) is 5.56 Å². The quantitative estimate of drug-likeness (QED) is 0.611. The molecule has 3 aromatic rings. The Labute approximate surface area is 163 Å². The first-order chi connectivity index (χ1) is 13.2. The van der Waals surface area contributed by atoms with Gasteiger partial charge >= 0.3 is 0 Å². The summed E-state index contributed by atoms with van der Waals surface area (Å²) in [6.07, 6.45) is 0. The number of hydrogen-bond acceptors (Lipinski definition) is 3. The largest absolute Gasteiger partial charge is 0.457 e. The fraction of sp³-hybridized carbons (Fsp3) is 0.0909. The molecule has 4 rings (SSSR count). The van der Waals surface area contributed by atoms with Gasteiger partial charge in [-0.25, -0.2) is 0 Å². The molecule has 0 radical (unpaired) electrons. The lowest BCUT2D eigenvalue weighted by Crippen LogP contribution is -2.32. The van der Waals surface area contributed by atoms with E-state index in [-0.39, 0.29) is 12.5 Å². The summed E-state index contributed by atoms with van der Waals surface area (Å²) in [7, 11) is 0. The van der Waals surface area contributed by atoms with Gasteiger partial charge in [0.25, 0.3) is 5.91 Å². The van der Waals surface area contributed by atoms with E-state index in [2.05, 4.69) is 0 Å². The van der Waals surface area contributed by atoms with Crippen LogP contribution in [0, 0.1) is 0 Å². The van der Waals surface area contributed by atoms with Gasteiger partial charge in [-0.1, -0.05) is 48.5 Å². The first-order valence-corrected chi connectivity index (χ1v) is 9.10. The van der Waals surface area contributed by atoms with E-state index in [0.29, 0.717) is 17.4 Å². The van der Waals surface area contributed by atoms with E-state index >= 15 is 0 Å². The standard InChI is InChI=1S/C22H18N2O2S/c25-21-16-23(15-17-7-3-1-4-8-17)22(27)24(21)18-11-13-20(14-12-18)26-19-9-5-2-6-10-19/h1-14H,15-16H2. The van der Waals surface area contributed by atoms with Crippen molar-refractivity contribution in [3.63, 3.8) is 0 Å². The van der Waals surface area contributed by atoms with E-state index in [4.69, 9.17) is 17.0 Å². The number of ether oxygens (including phenoxy) is 1. The molecular weight excluding hydrogens is 356 g/mol. The number of rotatable bonds is 5. The number of anilines is 1. The zero-order valence-electron chi connectivity index (χ0n) is 14.6. The van der Waals surface area contributed by atoms with Gasteiger partial charge in [0.15, 0.2) is 5.11 Å². The summed E-state index contributed by atoms with van der Waals surface area (Å²) in [6.45, 7) is 0.910. The molecule has 1 amide bonds. The van der Waals surface area contributed by atoms with Crippen molar-refractivity contribution >= 4 is 28.9 Å². The molecule has 0 bridgehead atoms. The Kier molecular flexibility index (Phi) is 4.85. The van der Waals surface area contributed by atoms with E-state index in [1.54, 1.807) is 4.90 Å². The summed E-state index contributed by atoms with van der Waals surface area (Å²) in [6, 6.07) is 27.0.